The molecule has 0 bridgehead atoms. The molecule has 0 aliphatic carbocycles. The Bertz CT molecular complexity index is 1080. The Morgan fingerprint density at radius 3 is 2.42 bits per heavy atom. The maximum atomic E-state index is 13.2. The Hall–Kier alpha value is -3.19. The van der Waals surface area contributed by atoms with Crippen LogP contribution in [0.15, 0.2) is 77.3 Å². The van der Waals surface area contributed by atoms with E-state index in [1.54, 1.807) is 37.3 Å². The first-order valence-corrected chi connectivity index (χ1v) is 10.5. The molecule has 2 N–H and O–H groups in total. The van der Waals surface area contributed by atoms with E-state index < -0.39 is 11.9 Å². The molecule has 3 rings (SSSR count). The highest BCUT2D eigenvalue weighted by atomic mass is 79.9. The van der Waals surface area contributed by atoms with E-state index in [1.807, 2.05) is 31.2 Å². The van der Waals surface area contributed by atoms with Crippen molar-refractivity contribution in [2.75, 3.05) is 5.32 Å². The minimum absolute atomic E-state index is 0.207. The number of nitrogens with one attached hydrogen (secondary N) is 2. The predicted molar refractivity (Wildman–Crippen MR) is 122 cm³/mol. The molecule has 0 aromatic heterocycles. The van der Waals surface area contributed by atoms with Crippen LogP contribution in [0.5, 0.6) is 5.75 Å². The first-order chi connectivity index (χ1) is 14.8. The summed E-state index contributed by atoms with van der Waals surface area (Å²) in [5.74, 6) is -0.546. The monoisotopic (exact) mass is 484 g/mol. The van der Waals surface area contributed by atoms with Gasteiger partial charge in [-0.3, -0.25) is 9.59 Å². The fourth-order valence-corrected chi connectivity index (χ4v) is 3.35. The van der Waals surface area contributed by atoms with Crippen molar-refractivity contribution >= 4 is 33.4 Å². The average Bonchev–Trinajstić information content (AvgIpc) is 2.76. The van der Waals surface area contributed by atoms with Crippen molar-refractivity contribution in [3.05, 3.63) is 94.2 Å². The van der Waals surface area contributed by atoms with Gasteiger partial charge >= 0.3 is 0 Å². The molecular formula is C24H22BrFN2O3. The lowest BCUT2D eigenvalue weighted by molar-refractivity contribution is -0.127. The van der Waals surface area contributed by atoms with E-state index >= 15 is 0 Å². The van der Waals surface area contributed by atoms with Crippen LogP contribution in [0.4, 0.5) is 10.1 Å². The summed E-state index contributed by atoms with van der Waals surface area (Å²) >= 11 is 3.23. The summed E-state index contributed by atoms with van der Waals surface area (Å²) in [5.41, 5.74) is 2.02. The molecule has 3 aromatic rings. The molecule has 3 aromatic carbocycles. The van der Waals surface area contributed by atoms with E-state index in [1.165, 1.54) is 18.2 Å². The van der Waals surface area contributed by atoms with Crippen LogP contribution < -0.4 is 15.4 Å². The van der Waals surface area contributed by atoms with Gasteiger partial charge in [-0.1, -0.05) is 30.3 Å². The number of amides is 2. The summed E-state index contributed by atoms with van der Waals surface area (Å²) < 4.78 is 19.3. The summed E-state index contributed by atoms with van der Waals surface area (Å²) in [4.78, 5) is 24.9. The Kier molecular flexibility index (Phi) is 7.41. The van der Waals surface area contributed by atoms with Crippen LogP contribution in [0.3, 0.4) is 0 Å². The van der Waals surface area contributed by atoms with Crippen LogP contribution in [0.2, 0.25) is 0 Å². The molecule has 2 amide bonds. The second-order valence-corrected chi connectivity index (χ2v) is 7.87. The van der Waals surface area contributed by atoms with Crippen molar-refractivity contribution in [3.63, 3.8) is 0 Å². The van der Waals surface area contributed by atoms with E-state index in [2.05, 4.69) is 26.6 Å². The molecule has 160 valence electrons. The number of carbonyl (C=O) groups excluding carboxylic acids is 2. The van der Waals surface area contributed by atoms with Crippen molar-refractivity contribution in [1.29, 1.82) is 0 Å². The van der Waals surface area contributed by atoms with Gasteiger partial charge in [0, 0.05) is 11.3 Å². The van der Waals surface area contributed by atoms with Crippen LogP contribution in [0.1, 0.15) is 35.8 Å². The number of rotatable bonds is 7. The zero-order valence-electron chi connectivity index (χ0n) is 17.1. The summed E-state index contributed by atoms with van der Waals surface area (Å²) in [5, 5.41) is 5.75. The van der Waals surface area contributed by atoms with Gasteiger partial charge in [0.2, 0.25) is 0 Å². The highest BCUT2D eigenvalue weighted by Gasteiger charge is 2.19. The van der Waals surface area contributed by atoms with E-state index in [-0.39, 0.29) is 17.9 Å². The lowest BCUT2D eigenvalue weighted by atomic mass is 10.1. The molecule has 2 atom stereocenters. The van der Waals surface area contributed by atoms with Gasteiger partial charge in [-0.2, -0.15) is 0 Å². The number of halogens is 2. The first kappa shape index (κ1) is 22.5. The van der Waals surface area contributed by atoms with Gasteiger partial charge in [-0.25, -0.2) is 4.39 Å². The lowest BCUT2D eigenvalue weighted by Gasteiger charge is -2.20. The Labute approximate surface area is 188 Å². The highest BCUT2D eigenvalue weighted by Crippen LogP contribution is 2.26. The third-order valence-electron chi connectivity index (χ3n) is 4.61. The van der Waals surface area contributed by atoms with Crippen LogP contribution in [0, 0.1) is 5.82 Å². The van der Waals surface area contributed by atoms with Crippen molar-refractivity contribution in [2.24, 2.45) is 0 Å². The van der Waals surface area contributed by atoms with Gasteiger partial charge in [0.05, 0.1) is 10.5 Å². The lowest BCUT2D eigenvalue weighted by Crippen LogP contribution is -2.37. The molecule has 0 spiro atoms. The Morgan fingerprint density at radius 2 is 1.71 bits per heavy atom. The maximum Gasteiger partial charge on any atom is 0.261 e. The van der Waals surface area contributed by atoms with Gasteiger partial charge in [0.1, 0.15) is 11.6 Å². The minimum Gasteiger partial charge on any atom is -0.480 e. The second-order valence-electron chi connectivity index (χ2n) is 7.01. The zero-order chi connectivity index (χ0) is 22.4. The van der Waals surface area contributed by atoms with Crippen LogP contribution in [-0.2, 0) is 4.79 Å². The summed E-state index contributed by atoms with van der Waals surface area (Å²) in [6.45, 7) is 3.46. The summed E-state index contributed by atoms with van der Waals surface area (Å²) in [7, 11) is 0. The summed E-state index contributed by atoms with van der Waals surface area (Å²) in [6, 6.07) is 19.9. The molecule has 0 aliphatic heterocycles. The molecule has 0 aliphatic rings. The third-order valence-corrected chi connectivity index (χ3v) is 5.23. The van der Waals surface area contributed by atoms with Gasteiger partial charge in [0.15, 0.2) is 6.10 Å². The van der Waals surface area contributed by atoms with Crippen molar-refractivity contribution in [3.8, 4) is 5.75 Å². The molecule has 7 heteroatoms. The molecule has 31 heavy (non-hydrogen) atoms. The normalized spacial score (nSPS) is 12.5. The Morgan fingerprint density at radius 1 is 0.968 bits per heavy atom. The molecule has 0 fully saturated rings. The van der Waals surface area contributed by atoms with E-state index in [4.69, 9.17) is 4.74 Å². The molecule has 2 unspecified atom stereocenters. The highest BCUT2D eigenvalue weighted by molar-refractivity contribution is 9.10. The fraction of sp³-hybridized carbons (Fsp3) is 0.167. The minimum atomic E-state index is -0.787. The van der Waals surface area contributed by atoms with Crippen molar-refractivity contribution in [1.82, 2.24) is 5.32 Å². The van der Waals surface area contributed by atoms with Gasteiger partial charge in [0.25, 0.3) is 11.8 Å². The quantitative estimate of drug-likeness (QED) is 0.466. The van der Waals surface area contributed by atoms with E-state index in [0.29, 0.717) is 21.5 Å². The standard InChI is InChI=1S/C24H22BrFN2O3/c1-15(27-23(29)16(2)31-22-12-11-19(26)14-21(22)25)18-9-6-10-20(13-18)28-24(30)17-7-4-3-5-8-17/h3-16H,1-2H3,(H,27,29)(H,28,30). The van der Waals surface area contributed by atoms with Gasteiger partial charge in [-0.05, 0) is 77.8 Å². The zero-order valence-corrected chi connectivity index (χ0v) is 18.6. The van der Waals surface area contributed by atoms with Crippen LogP contribution in [-0.4, -0.2) is 17.9 Å². The number of hydrogen-bond acceptors (Lipinski definition) is 3. The molecular weight excluding hydrogens is 463 g/mol. The number of anilines is 1. The van der Waals surface area contributed by atoms with Gasteiger partial charge in [-0.15, -0.1) is 0 Å². The fourth-order valence-electron chi connectivity index (χ4n) is 2.91. The second kappa shape index (κ2) is 10.2. The maximum absolute atomic E-state index is 13.2. The SMILES string of the molecule is CC(Oc1ccc(F)cc1Br)C(=O)NC(C)c1cccc(NC(=O)c2ccccc2)c1. The molecule has 0 heterocycles. The molecule has 5 nitrogen and oxygen atoms in total. The van der Waals surface area contributed by atoms with Crippen molar-refractivity contribution < 1.29 is 18.7 Å². The third kappa shape index (κ3) is 6.15. The smallest absolute Gasteiger partial charge is 0.261 e. The van der Waals surface area contributed by atoms with Crippen LogP contribution >= 0.6 is 15.9 Å². The van der Waals surface area contributed by atoms with Gasteiger partial charge < -0.3 is 15.4 Å². The molecule has 0 radical (unpaired) electrons. The number of carbonyl (C=O) groups is 2. The number of hydrogen-bond donors (Lipinski definition) is 2. The predicted octanol–water partition coefficient (Wildman–Crippen LogP) is 5.49. The summed E-state index contributed by atoms with van der Waals surface area (Å²) in [6.07, 6.45) is -0.787. The van der Waals surface area contributed by atoms with Crippen molar-refractivity contribution in [2.45, 2.75) is 26.0 Å². The van der Waals surface area contributed by atoms with E-state index in [0.717, 1.165) is 5.56 Å². The Balaban J connectivity index is 1.62. The number of benzene rings is 3. The topological polar surface area (TPSA) is 67.4 Å². The molecule has 0 saturated carbocycles. The van der Waals surface area contributed by atoms with E-state index in [9.17, 15) is 14.0 Å². The first-order valence-electron chi connectivity index (χ1n) is 9.72. The average molecular weight is 485 g/mol. The molecule has 0 saturated heterocycles. The van der Waals surface area contributed by atoms with Crippen LogP contribution in [0.25, 0.3) is 0 Å². The largest absolute Gasteiger partial charge is 0.480 e. The number of ether oxygens (including phenoxy) is 1.